The summed E-state index contributed by atoms with van der Waals surface area (Å²) in [5.74, 6) is -2.34. The van der Waals surface area contributed by atoms with E-state index in [0.717, 1.165) is 24.3 Å². The zero-order valence-corrected chi connectivity index (χ0v) is 13.7. The van der Waals surface area contributed by atoms with Crippen LogP contribution in [0.3, 0.4) is 0 Å². The molecule has 2 aromatic rings. The second-order valence-electron chi connectivity index (χ2n) is 6.13. The molecule has 1 aliphatic rings. The lowest BCUT2D eigenvalue weighted by Crippen LogP contribution is -2.61. The predicted molar refractivity (Wildman–Crippen MR) is 91.4 cm³/mol. The molecule has 7 heteroatoms. The molecular weight excluding hydrogens is 342 g/mol. The molecule has 0 aromatic heterocycles. The Bertz CT molecular complexity index is 872. The van der Waals surface area contributed by atoms with Crippen molar-refractivity contribution in [3.05, 3.63) is 77.9 Å². The van der Waals surface area contributed by atoms with Crippen molar-refractivity contribution >= 4 is 17.5 Å². The molecule has 26 heavy (non-hydrogen) atoms. The molecule has 2 aromatic carbocycles. The molecule has 0 saturated carbocycles. The molecular formula is C19H16F2N2O3. The van der Waals surface area contributed by atoms with Crippen molar-refractivity contribution < 1.29 is 23.5 Å². The topological polar surface area (TPSA) is 69.6 Å². The van der Waals surface area contributed by atoms with Crippen molar-refractivity contribution in [2.75, 3.05) is 18.4 Å². The summed E-state index contributed by atoms with van der Waals surface area (Å²) in [6.45, 7) is 3.18. The fraction of sp³-hybridized carbons (Fsp3) is 0.158. The van der Waals surface area contributed by atoms with E-state index in [1.165, 1.54) is 11.0 Å². The summed E-state index contributed by atoms with van der Waals surface area (Å²) in [7, 11) is 0. The monoisotopic (exact) mass is 358 g/mol. The number of β-amino-alcohol motifs (C(OH)–C–C–N with tert-alkyl or cyclic N) is 1. The van der Waals surface area contributed by atoms with Crippen molar-refractivity contribution in [1.29, 1.82) is 0 Å². The van der Waals surface area contributed by atoms with Gasteiger partial charge >= 0.3 is 0 Å². The molecule has 0 spiro atoms. The first-order chi connectivity index (χ1) is 12.3. The molecule has 2 N–H and O–H groups in total. The van der Waals surface area contributed by atoms with E-state index >= 15 is 0 Å². The Morgan fingerprint density at radius 2 is 1.81 bits per heavy atom. The van der Waals surface area contributed by atoms with Gasteiger partial charge in [0.15, 0.2) is 0 Å². The first-order valence-corrected chi connectivity index (χ1v) is 7.82. The van der Waals surface area contributed by atoms with Crippen molar-refractivity contribution in [2.24, 2.45) is 0 Å². The van der Waals surface area contributed by atoms with Crippen LogP contribution in [0.5, 0.6) is 0 Å². The van der Waals surface area contributed by atoms with Gasteiger partial charge < -0.3 is 15.3 Å². The van der Waals surface area contributed by atoms with Gasteiger partial charge in [-0.15, -0.1) is 0 Å². The number of benzene rings is 2. The summed E-state index contributed by atoms with van der Waals surface area (Å²) < 4.78 is 26.7. The Kier molecular flexibility index (Phi) is 4.56. The minimum absolute atomic E-state index is 0.0853. The Balaban J connectivity index is 1.72. The Hall–Kier alpha value is -3.06. The molecule has 1 heterocycles. The highest BCUT2D eigenvalue weighted by Gasteiger charge is 2.45. The number of rotatable bonds is 4. The number of hydrogen-bond donors (Lipinski definition) is 2. The maximum absolute atomic E-state index is 13.3. The van der Waals surface area contributed by atoms with Crippen LogP contribution in [0.2, 0.25) is 0 Å². The third-order valence-corrected chi connectivity index (χ3v) is 4.15. The van der Waals surface area contributed by atoms with Crippen molar-refractivity contribution in [3.63, 3.8) is 0 Å². The first-order valence-electron chi connectivity index (χ1n) is 7.82. The molecule has 134 valence electrons. The third-order valence-electron chi connectivity index (χ3n) is 4.15. The number of carbonyl (C=O) groups excluding carboxylic acids is 2. The molecule has 5 nitrogen and oxygen atoms in total. The fourth-order valence-corrected chi connectivity index (χ4v) is 2.84. The first kappa shape index (κ1) is 17.8. The number of nitrogens with one attached hydrogen (secondary N) is 1. The molecule has 1 fully saturated rings. The van der Waals surface area contributed by atoms with Gasteiger partial charge in [-0.2, -0.15) is 0 Å². The third kappa shape index (κ3) is 3.48. The van der Waals surface area contributed by atoms with Crippen molar-refractivity contribution in [1.82, 2.24) is 4.90 Å². The standard InChI is InChI=1S/C19H16F2N2O3/c1-2-17(24)22-16-5-3-4-12(6-16)18(25)23-10-19(26,11-23)13-7-14(20)9-15(21)8-13/h2-9,26H,1,10-11H2,(H,22,24). The van der Waals surface area contributed by atoms with Gasteiger partial charge in [0.05, 0.1) is 13.1 Å². The minimum Gasteiger partial charge on any atom is -0.381 e. The second kappa shape index (κ2) is 6.68. The van der Waals surface area contributed by atoms with E-state index < -0.39 is 23.1 Å². The summed E-state index contributed by atoms with van der Waals surface area (Å²) >= 11 is 0. The zero-order valence-electron chi connectivity index (χ0n) is 13.7. The molecule has 1 saturated heterocycles. The van der Waals surface area contributed by atoms with Gasteiger partial charge in [0.2, 0.25) is 5.91 Å². The maximum Gasteiger partial charge on any atom is 0.254 e. The second-order valence-corrected chi connectivity index (χ2v) is 6.13. The quantitative estimate of drug-likeness (QED) is 0.825. The summed E-state index contributed by atoms with van der Waals surface area (Å²) in [5.41, 5.74) is -0.651. The van der Waals surface area contributed by atoms with Crippen LogP contribution in [0, 0.1) is 11.6 Å². The van der Waals surface area contributed by atoms with Crippen LogP contribution >= 0.6 is 0 Å². The number of amides is 2. The molecule has 0 bridgehead atoms. The highest BCUT2D eigenvalue weighted by Crippen LogP contribution is 2.33. The largest absolute Gasteiger partial charge is 0.381 e. The van der Waals surface area contributed by atoms with Gasteiger partial charge in [0.1, 0.15) is 17.2 Å². The van der Waals surface area contributed by atoms with Gasteiger partial charge in [-0.05, 0) is 42.0 Å². The smallest absolute Gasteiger partial charge is 0.254 e. The van der Waals surface area contributed by atoms with E-state index in [-0.39, 0.29) is 24.6 Å². The maximum atomic E-state index is 13.3. The number of halogens is 2. The summed E-state index contributed by atoms with van der Waals surface area (Å²) in [6.07, 6.45) is 1.11. The lowest BCUT2D eigenvalue weighted by Gasteiger charge is -2.46. The van der Waals surface area contributed by atoms with Crippen molar-refractivity contribution in [2.45, 2.75) is 5.60 Å². The highest BCUT2D eigenvalue weighted by atomic mass is 19.1. The predicted octanol–water partition coefficient (Wildman–Crippen LogP) is 2.43. The molecule has 0 aliphatic carbocycles. The Morgan fingerprint density at radius 1 is 1.15 bits per heavy atom. The van der Waals surface area contributed by atoms with Gasteiger partial charge in [-0.3, -0.25) is 9.59 Å². The lowest BCUT2D eigenvalue weighted by molar-refractivity contribution is -0.111. The van der Waals surface area contributed by atoms with E-state index in [2.05, 4.69) is 11.9 Å². The Labute approximate surface area is 148 Å². The summed E-state index contributed by atoms with van der Waals surface area (Å²) in [6, 6.07) is 9.14. The van der Waals surface area contributed by atoms with Gasteiger partial charge in [0, 0.05) is 17.3 Å². The van der Waals surface area contributed by atoms with E-state index in [1.54, 1.807) is 18.2 Å². The van der Waals surface area contributed by atoms with Crippen LogP contribution in [-0.4, -0.2) is 34.9 Å². The molecule has 1 aliphatic heterocycles. The number of carbonyl (C=O) groups is 2. The van der Waals surface area contributed by atoms with E-state index in [0.29, 0.717) is 11.3 Å². The lowest BCUT2D eigenvalue weighted by atomic mass is 9.85. The number of likely N-dealkylation sites (tertiary alicyclic amines) is 1. The summed E-state index contributed by atoms with van der Waals surface area (Å²) in [5, 5.41) is 13.1. The minimum atomic E-state index is -1.49. The van der Waals surface area contributed by atoms with E-state index in [1.807, 2.05) is 0 Å². The van der Waals surface area contributed by atoms with E-state index in [9.17, 15) is 23.5 Å². The molecule has 2 amide bonds. The van der Waals surface area contributed by atoms with Crippen LogP contribution in [0.25, 0.3) is 0 Å². The zero-order chi connectivity index (χ0) is 18.9. The Morgan fingerprint density at radius 3 is 2.42 bits per heavy atom. The fourth-order valence-electron chi connectivity index (χ4n) is 2.84. The van der Waals surface area contributed by atoms with Crippen LogP contribution in [0.1, 0.15) is 15.9 Å². The molecule has 3 rings (SSSR count). The van der Waals surface area contributed by atoms with Crippen molar-refractivity contribution in [3.8, 4) is 0 Å². The molecule has 0 unspecified atom stereocenters. The molecule has 0 radical (unpaired) electrons. The van der Waals surface area contributed by atoms with Crippen LogP contribution < -0.4 is 5.32 Å². The number of aliphatic hydroxyl groups is 1. The van der Waals surface area contributed by atoms with Gasteiger partial charge in [-0.25, -0.2) is 8.78 Å². The summed E-state index contributed by atoms with van der Waals surface area (Å²) in [4.78, 5) is 25.2. The number of nitrogens with zero attached hydrogens (tertiary/aromatic N) is 1. The number of hydrogen-bond acceptors (Lipinski definition) is 3. The van der Waals surface area contributed by atoms with Gasteiger partial charge in [-0.1, -0.05) is 12.6 Å². The van der Waals surface area contributed by atoms with Crippen LogP contribution in [-0.2, 0) is 10.4 Å². The van der Waals surface area contributed by atoms with Crippen LogP contribution in [0.4, 0.5) is 14.5 Å². The van der Waals surface area contributed by atoms with Gasteiger partial charge in [0.25, 0.3) is 5.91 Å². The average Bonchev–Trinajstić information content (AvgIpc) is 2.57. The van der Waals surface area contributed by atoms with E-state index in [4.69, 9.17) is 0 Å². The normalized spacial score (nSPS) is 15.1. The SMILES string of the molecule is C=CC(=O)Nc1cccc(C(=O)N2CC(O)(c3cc(F)cc(F)c3)C2)c1. The van der Waals surface area contributed by atoms with Crippen LogP contribution in [0.15, 0.2) is 55.1 Å². The average molecular weight is 358 g/mol. The molecule has 0 atom stereocenters. The highest BCUT2D eigenvalue weighted by molar-refractivity contribution is 6.01. The number of anilines is 1.